The summed E-state index contributed by atoms with van der Waals surface area (Å²) in [5, 5.41) is 6.73. The molecule has 7 nitrogen and oxygen atoms in total. The molecule has 3 aromatic carbocycles. The molecule has 7 heteroatoms. The van der Waals surface area contributed by atoms with Crippen LogP contribution in [0.25, 0.3) is 6.08 Å². The van der Waals surface area contributed by atoms with E-state index in [1.165, 1.54) is 6.21 Å². The molecule has 0 aliphatic rings. The largest absolute Gasteiger partial charge is 0.494 e. The van der Waals surface area contributed by atoms with Gasteiger partial charge in [0.05, 0.1) is 12.8 Å². The lowest BCUT2D eigenvalue weighted by atomic mass is 10.1. The summed E-state index contributed by atoms with van der Waals surface area (Å²) in [5.74, 6) is -0.164. The molecule has 0 aliphatic carbocycles. The molecule has 0 unspecified atom stereocenters. The summed E-state index contributed by atoms with van der Waals surface area (Å²) in [6, 6.07) is 23.7. The van der Waals surface area contributed by atoms with Crippen LogP contribution in [-0.4, -0.2) is 38.7 Å². The predicted molar refractivity (Wildman–Crippen MR) is 136 cm³/mol. The summed E-state index contributed by atoms with van der Waals surface area (Å²) in [5.41, 5.74) is 5.59. The van der Waals surface area contributed by atoms with Gasteiger partial charge in [0.15, 0.2) is 0 Å². The van der Waals surface area contributed by atoms with Gasteiger partial charge in [-0.05, 0) is 72.7 Å². The molecule has 2 amide bonds. The van der Waals surface area contributed by atoms with Crippen molar-refractivity contribution in [1.82, 2.24) is 10.7 Å². The smallest absolute Gasteiger partial charge is 0.287 e. The fourth-order valence-corrected chi connectivity index (χ4v) is 3.02. The van der Waals surface area contributed by atoms with Gasteiger partial charge in [0.1, 0.15) is 11.4 Å². The molecular formula is C27H28N4O3. The number of hydrazone groups is 1. The average Bonchev–Trinajstić information content (AvgIpc) is 2.85. The predicted octanol–water partition coefficient (Wildman–Crippen LogP) is 4.07. The first kappa shape index (κ1) is 24.3. The van der Waals surface area contributed by atoms with E-state index in [1.54, 1.807) is 30.3 Å². The van der Waals surface area contributed by atoms with E-state index in [1.807, 2.05) is 80.5 Å². The van der Waals surface area contributed by atoms with E-state index >= 15 is 0 Å². The van der Waals surface area contributed by atoms with Crippen molar-refractivity contribution >= 4 is 29.8 Å². The Balaban J connectivity index is 1.77. The number of amides is 2. The first-order chi connectivity index (χ1) is 16.5. The van der Waals surface area contributed by atoms with Crippen LogP contribution in [0.1, 0.15) is 28.4 Å². The van der Waals surface area contributed by atoms with Crippen LogP contribution in [0.4, 0.5) is 5.69 Å². The van der Waals surface area contributed by atoms with Gasteiger partial charge in [-0.1, -0.05) is 30.3 Å². The highest BCUT2D eigenvalue weighted by molar-refractivity contribution is 6.05. The van der Waals surface area contributed by atoms with Crippen LogP contribution in [0, 0.1) is 0 Å². The van der Waals surface area contributed by atoms with E-state index in [4.69, 9.17) is 4.74 Å². The highest BCUT2D eigenvalue weighted by Gasteiger charge is 2.14. The third-order valence-electron chi connectivity index (χ3n) is 4.82. The van der Waals surface area contributed by atoms with Crippen LogP contribution in [-0.2, 0) is 4.79 Å². The van der Waals surface area contributed by atoms with Crippen LogP contribution >= 0.6 is 0 Å². The standard InChI is InChI=1S/C27H28N4O3/c1-4-34-24-16-12-21(13-17-24)19-28-30-27(33)25(29-26(32)22-8-6-5-7-9-22)18-20-10-14-23(15-11-20)31(2)3/h5-19H,4H2,1-3H3,(H,29,32)(H,30,33)/b25-18+,28-19+. The van der Waals surface area contributed by atoms with Gasteiger partial charge in [0.2, 0.25) is 0 Å². The average molecular weight is 457 g/mol. The lowest BCUT2D eigenvalue weighted by Crippen LogP contribution is -2.32. The van der Waals surface area contributed by atoms with E-state index < -0.39 is 5.91 Å². The quantitative estimate of drug-likeness (QED) is 0.289. The Hall–Kier alpha value is -4.39. The fraction of sp³-hybridized carbons (Fsp3) is 0.148. The Bertz CT molecular complexity index is 1150. The molecule has 0 bridgehead atoms. The molecule has 0 aromatic heterocycles. The number of carbonyl (C=O) groups is 2. The number of anilines is 1. The van der Waals surface area contributed by atoms with E-state index in [2.05, 4.69) is 15.8 Å². The zero-order valence-electron chi connectivity index (χ0n) is 19.5. The third kappa shape index (κ3) is 7.06. The van der Waals surface area contributed by atoms with Crippen LogP contribution < -0.4 is 20.4 Å². The summed E-state index contributed by atoms with van der Waals surface area (Å²) < 4.78 is 5.42. The van der Waals surface area contributed by atoms with Crippen LogP contribution in [0.5, 0.6) is 5.75 Å². The molecule has 174 valence electrons. The lowest BCUT2D eigenvalue weighted by molar-refractivity contribution is -0.117. The lowest BCUT2D eigenvalue weighted by Gasteiger charge is -2.12. The van der Waals surface area contributed by atoms with Crippen molar-refractivity contribution in [2.75, 3.05) is 25.6 Å². The van der Waals surface area contributed by atoms with Gasteiger partial charge in [-0.15, -0.1) is 0 Å². The van der Waals surface area contributed by atoms with Crippen molar-refractivity contribution in [3.8, 4) is 5.75 Å². The Morgan fingerprint density at radius 3 is 2.18 bits per heavy atom. The second kappa shape index (κ2) is 12.0. The number of hydrogen-bond donors (Lipinski definition) is 2. The SMILES string of the molecule is CCOc1ccc(/C=N/NC(=O)/C(=C\c2ccc(N(C)C)cc2)NC(=O)c2ccccc2)cc1. The molecular weight excluding hydrogens is 428 g/mol. The minimum Gasteiger partial charge on any atom is -0.494 e. The Labute approximate surface area is 199 Å². The minimum absolute atomic E-state index is 0.0790. The molecule has 0 saturated heterocycles. The van der Waals surface area contributed by atoms with Crippen molar-refractivity contribution in [2.45, 2.75) is 6.92 Å². The maximum absolute atomic E-state index is 12.9. The molecule has 0 atom stereocenters. The van der Waals surface area contributed by atoms with Crippen molar-refractivity contribution in [1.29, 1.82) is 0 Å². The zero-order chi connectivity index (χ0) is 24.3. The number of benzene rings is 3. The van der Waals surface area contributed by atoms with E-state index in [0.717, 1.165) is 22.6 Å². The molecule has 3 rings (SSSR count). The second-order valence-electron chi connectivity index (χ2n) is 7.57. The van der Waals surface area contributed by atoms with Crippen LogP contribution in [0.15, 0.2) is 89.7 Å². The van der Waals surface area contributed by atoms with E-state index in [-0.39, 0.29) is 11.6 Å². The van der Waals surface area contributed by atoms with Crippen LogP contribution in [0.3, 0.4) is 0 Å². The number of nitrogens with zero attached hydrogens (tertiary/aromatic N) is 2. The van der Waals surface area contributed by atoms with Gasteiger partial charge in [0.25, 0.3) is 11.8 Å². The third-order valence-corrected chi connectivity index (χ3v) is 4.82. The molecule has 0 aliphatic heterocycles. The van der Waals surface area contributed by atoms with Crippen molar-refractivity contribution < 1.29 is 14.3 Å². The molecule has 0 heterocycles. The highest BCUT2D eigenvalue weighted by atomic mass is 16.5. The van der Waals surface area contributed by atoms with E-state index in [9.17, 15) is 9.59 Å². The molecule has 0 saturated carbocycles. The molecule has 0 spiro atoms. The summed E-state index contributed by atoms with van der Waals surface area (Å²) in [6.45, 7) is 2.51. The Morgan fingerprint density at radius 2 is 1.56 bits per heavy atom. The first-order valence-electron chi connectivity index (χ1n) is 10.9. The number of hydrogen-bond acceptors (Lipinski definition) is 5. The molecule has 2 N–H and O–H groups in total. The van der Waals surface area contributed by atoms with Gasteiger partial charge in [-0.25, -0.2) is 5.43 Å². The van der Waals surface area contributed by atoms with Gasteiger partial charge in [-0.3, -0.25) is 9.59 Å². The number of carbonyl (C=O) groups excluding carboxylic acids is 2. The van der Waals surface area contributed by atoms with Crippen molar-refractivity contribution in [3.63, 3.8) is 0 Å². The van der Waals surface area contributed by atoms with Gasteiger partial charge < -0.3 is 15.0 Å². The van der Waals surface area contributed by atoms with Crippen molar-refractivity contribution in [2.24, 2.45) is 5.10 Å². The molecule has 0 fully saturated rings. The van der Waals surface area contributed by atoms with Gasteiger partial charge >= 0.3 is 0 Å². The highest BCUT2D eigenvalue weighted by Crippen LogP contribution is 2.15. The Morgan fingerprint density at radius 1 is 0.912 bits per heavy atom. The monoisotopic (exact) mass is 456 g/mol. The molecule has 3 aromatic rings. The van der Waals surface area contributed by atoms with Gasteiger partial charge in [0, 0.05) is 25.3 Å². The van der Waals surface area contributed by atoms with Crippen molar-refractivity contribution in [3.05, 3.63) is 101 Å². The molecule has 34 heavy (non-hydrogen) atoms. The summed E-state index contributed by atoms with van der Waals surface area (Å²) in [4.78, 5) is 27.5. The number of rotatable bonds is 9. The summed E-state index contributed by atoms with van der Waals surface area (Å²) in [7, 11) is 3.90. The molecule has 0 radical (unpaired) electrons. The maximum Gasteiger partial charge on any atom is 0.287 e. The fourth-order valence-electron chi connectivity index (χ4n) is 3.02. The number of nitrogens with one attached hydrogen (secondary N) is 2. The topological polar surface area (TPSA) is 83.0 Å². The number of ether oxygens (including phenoxy) is 1. The second-order valence-corrected chi connectivity index (χ2v) is 7.57. The summed E-state index contributed by atoms with van der Waals surface area (Å²) >= 11 is 0. The van der Waals surface area contributed by atoms with E-state index in [0.29, 0.717) is 12.2 Å². The minimum atomic E-state index is -0.539. The van der Waals surface area contributed by atoms with Gasteiger partial charge in [-0.2, -0.15) is 5.10 Å². The zero-order valence-corrected chi connectivity index (χ0v) is 19.5. The first-order valence-corrected chi connectivity index (χ1v) is 10.9. The maximum atomic E-state index is 12.9. The normalized spacial score (nSPS) is 11.2. The summed E-state index contributed by atoms with van der Waals surface area (Å²) in [6.07, 6.45) is 3.14. The Kier molecular flexibility index (Phi) is 8.57. The van der Waals surface area contributed by atoms with Crippen LogP contribution in [0.2, 0.25) is 0 Å².